The summed E-state index contributed by atoms with van der Waals surface area (Å²) in [5.41, 5.74) is 0.625. The summed E-state index contributed by atoms with van der Waals surface area (Å²) in [4.78, 5) is 13.5. The molecule has 0 aliphatic carbocycles. The third-order valence-corrected chi connectivity index (χ3v) is 3.19. The van der Waals surface area contributed by atoms with Crippen LogP contribution >= 0.6 is 23.2 Å². The Kier molecular flexibility index (Phi) is 3.69. The molecule has 1 aromatic rings. The van der Waals surface area contributed by atoms with Crippen molar-refractivity contribution in [1.82, 2.24) is 10.2 Å². The van der Waals surface area contributed by atoms with Crippen molar-refractivity contribution in [2.45, 2.75) is 18.9 Å². The summed E-state index contributed by atoms with van der Waals surface area (Å²) in [7, 11) is 1.37. The number of carbonyl (C=O) groups is 1. The Balaban J connectivity index is 2.32. The van der Waals surface area contributed by atoms with E-state index in [0.29, 0.717) is 5.69 Å². The quantitative estimate of drug-likeness (QED) is 0.772. The van der Waals surface area contributed by atoms with Gasteiger partial charge in [-0.15, -0.1) is 10.2 Å². The van der Waals surface area contributed by atoms with Crippen molar-refractivity contribution < 1.29 is 9.53 Å². The highest BCUT2D eigenvalue weighted by Crippen LogP contribution is 2.31. The fraction of sp³-hybridized carbons (Fsp3) is 0.500. The van der Waals surface area contributed by atoms with E-state index in [4.69, 9.17) is 27.9 Å². The Labute approximate surface area is 109 Å². The van der Waals surface area contributed by atoms with Gasteiger partial charge in [0, 0.05) is 12.6 Å². The zero-order valence-corrected chi connectivity index (χ0v) is 10.7. The minimum atomic E-state index is -0.322. The van der Waals surface area contributed by atoms with Crippen LogP contribution in [0.5, 0.6) is 0 Å². The average molecular weight is 276 g/mol. The molecule has 0 saturated carbocycles. The average Bonchev–Trinajstić information content (AvgIpc) is 2.80. The lowest BCUT2D eigenvalue weighted by atomic mass is 10.2. The van der Waals surface area contributed by atoms with Crippen LogP contribution in [-0.4, -0.2) is 35.9 Å². The van der Waals surface area contributed by atoms with Crippen LogP contribution in [0, 0.1) is 0 Å². The summed E-state index contributed by atoms with van der Waals surface area (Å²) < 4.78 is 4.76. The highest BCUT2D eigenvalue weighted by molar-refractivity contribution is 6.33. The summed E-state index contributed by atoms with van der Waals surface area (Å²) >= 11 is 11.7. The van der Waals surface area contributed by atoms with E-state index in [1.807, 2.05) is 4.90 Å². The third-order valence-electron chi connectivity index (χ3n) is 2.74. The van der Waals surface area contributed by atoms with E-state index in [1.165, 1.54) is 7.11 Å². The van der Waals surface area contributed by atoms with Crippen LogP contribution in [0.4, 0.5) is 5.69 Å². The van der Waals surface area contributed by atoms with Crippen LogP contribution in [0.3, 0.4) is 0 Å². The Hall–Kier alpha value is -1.07. The van der Waals surface area contributed by atoms with E-state index in [-0.39, 0.29) is 22.3 Å². The van der Waals surface area contributed by atoms with Crippen LogP contribution in [0.25, 0.3) is 0 Å². The molecule has 1 fully saturated rings. The van der Waals surface area contributed by atoms with Gasteiger partial charge in [0.05, 0.1) is 12.8 Å². The summed E-state index contributed by atoms with van der Waals surface area (Å²) in [6.45, 7) is 0.724. The van der Waals surface area contributed by atoms with Crippen molar-refractivity contribution >= 4 is 34.9 Å². The second kappa shape index (κ2) is 5.06. The highest BCUT2D eigenvalue weighted by atomic mass is 35.5. The second-order valence-corrected chi connectivity index (χ2v) is 4.46. The topological polar surface area (TPSA) is 55.3 Å². The molecule has 2 rings (SSSR count). The van der Waals surface area contributed by atoms with E-state index in [9.17, 15) is 4.79 Å². The normalized spacial score (nSPS) is 19.5. The molecule has 1 aliphatic heterocycles. The zero-order chi connectivity index (χ0) is 12.4. The van der Waals surface area contributed by atoms with Crippen LogP contribution in [0.2, 0.25) is 10.3 Å². The smallest absolute Gasteiger partial charge is 0.328 e. The van der Waals surface area contributed by atoms with Gasteiger partial charge in [-0.25, -0.2) is 4.79 Å². The maximum Gasteiger partial charge on any atom is 0.328 e. The molecule has 5 nitrogen and oxygen atoms in total. The number of carbonyl (C=O) groups excluding carboxylic acids is 1. The molecule has 0 radical (unpaired) electrons. The lowest BCUT2D eigenvalue weighted by molar-refractivity contribution is -0.141. The number of anilines is 1. The van der Waals surface area contributed by atoms with Gasteiger partial charge in [-0.1, -0.05) is 23.2 Å². The monoisotopic (exact) mass is 275 g/mol. The van der Waals surface area contributed by atoms with Gasteiger partial charge in [0.1, 0.15) is 6.04 Å². The summed E-state index contributed by atoms with van der Waals surface area (Å²) in [6, 6.07) is 1.29. The van der Waals surface area contributed by atoms with Crippen molar-refractivity contribution in [2.75, 3.05) is 18.6 Å². The maximum atomic E-state index is 11.6. The van der Waals surface area contributed by atoms with Gasteiger partial charge >= 0.3 is 5.97 Å². The molecule has 1 unspecified atom stereocenters. The molecule has 7 heteroatoms. The molecule has 2 heterocycles. The zero-order valence-electron chi connectivity index (χ0n) is 9.19. The van der Waals surface area contributed by atoms with Gasteiger partial charge < -0.3 is 9.64 Å². The van der Waals surface area contributed by atoms with Crippen LogP contribution < -0.4 is 4.90 Å². The van der Waals surface area contributed by atoms with Crippen molar-refractivity contribution in [3.05, 3.63) is 16.4 Å². The van der Waals surface area contributed by atoms with Crippen molar-refractivity contribution in [3.8, 4) is 0 Å². The highest BCUT2D eigenvalue weighted by Gasteiger charge is 2.33. The Morgan fingerprint density at radius 2 is 2.29 bits per heavy atom. The molecule has 92 valence electrons. The first kappa shape index (κ1) is 12.4. The number of halogens is 2. The van der Waals surface area contributed by atoms with E-state index in [1.54, 1.807) is 6.07 Å². The molecule has 0 aromatic carbocycles. The largest absolute Gasteiger partial charge is 0.467 e. The molecule has 0 amide bonds. The van der Waals surface area contributed by atoms with Crippen molar-refractivity contribution in [1.29, 1.82) is 0 Å². The predicted molar refractivity (Wildman–Crippen MR) is 64.4 cm³/mol. The number of hydrogen-bond acceptors (Lipinski definition) is 5. The van der Waals surface area contributed by atoms with Crippen LogP contribution in [-0.2, 0) is 9.53 Å². The first-order valence-electron chi connectivity index (χ1n) is 5.16. The SMILES string of the molecule is COC(=O)C1CCCN1c1cc(Cl)nnc1Cl. The molecule has 1 aliphatic rings. The van der Waals surface area contributed by atoms with Gasteiger partial charge in [-0.05, 0) is 12.8 Å². The van der Waals surface area contributed by atoms with Gasteiger partial charge in [0.25, 0.3) is 0 Å². The number of aromatic nitrogens is 2. The summed E-state index contributed by atoms with van der Waals surface area (Å²) in [6.07, 6.45) is 1.64. The predicted octanol–water partition coefficient (Wildman–Crippen LogP) is 1.93. The molecular formula is C10H11Cl2N3O2. The maximum absolute atomic E-state index is 11.6. The van der Waals surface area contributed by atoms with E-state index in [0.717, 1.165) is 19.4 Å². The molecule has 0 bridgehead atoms. The fourth-order valence-corrected chi connectivity index (χ4v) is 2.32. The van der Waals surface area contributed by atoms with Crippen LogP contribution in [0.15, 0.2) is 6.07 Å². The van der Waals surface area contributed by atoms with Gasteiger partial charge in [0.2, 0.25) is 0 Å². The second-order valence-electron chi connectivity index (χ2n) is 3.72. The lowest BCUT2D eigenvalue weighted by Gasteiger charge is -2.24. The number of rotatable bonds is 2. The molecule has 1 atom stereocenters. The minimum Gasteiger partial charge on any atom is -0.467 e. The Morgan fingerprint density at radius 1 is 1.53 bits per heavy atom. The fourth-order valence-electron chi connectivity index (χ4n) is 1.98. The number of methoxy groups -OCH3 is 1. The Bertz CT molecular complexity index is 442. The third kappa shape index (κ3) is 2.45. The first-order valence-corrected chi connectivity index (χ1v) is 5.92. The van der Waals surface area contributed by atoms with Crippen molar-refractivity contribution in [2.24, 2.45) is 0 Å². The minimum absolute atomic E-state index is 0.241. The molecule has 1 aromatic heterocycles. The number of hydrogen-bond donors (Lipinski definition) is 0. The van der Waals surface area contributed by atoms with Gasteiger partial charge in [-0.2, -0.15) is 0 Å². The molecular weight excluding hydrogens is 265 g/mol. The van der Waals surface area contributed by atoms with Crippen LogP contribution in [0.1, 0.15) is 12.8 Å². The molecule has 1 saturated heterocycles. The molecule has 17 heavy (non-hydrogen) atoms. The van der Waals surface area contributed by atoms with Gasteiger partial charge in [0.15, 0.2) is 10.3 Å². The molecule has 0 N–H and O–H groups in total. The number of nitrogens with zero attached hydrogens (tertiary/aromatic N) is 3. The Morgan fingerprint density at radius 3 is 3.00 bits per heavy atom. The summed E-state index contributed by atoms with van der Waals surface area (Å²) in [5.74, 6) is -0.272. The number of esters is 1. The van der Waals surface area contributed by atoms with E-state index >= 15 is 0 Å². The standard InChI is InChI=1S/C10H11Cl2N3O2/c1-17-10(16)6-3-2-4-15(6)7-5-8(11)13-14-9(7)12/h5-6H,2-4H2,1H3. The van der Waals surface area contributed by atoms with E-state index in [2.05, 4.69) is 10.2 Å². The van der Waals surface area contributed by atoms with Gasteiger partial charge in [-0.3, -0.25) is 0 Å². The lowest BCUT2D eigenvalue weighted by Crippen LogP contribution is -2.37. The first-order chi connectivity index (χ1) is 8.13. The molecule has 0 spiro atoms. The van der Waals surface area contributed by atoms with Crippen molar-refractivity contribution in [3.63, 3.8) is 0 Å². The number of ether oxygens (including phenoxy) is 1. The summed E-state index contributed by atoms with van der Waals surface area (Å²) in [5, 5.41) is 7.86. The van der Waals surface area contributed by atoms with E-state index < -0.39 is 0 Å².